The van der Waals surface area contributed by atoms with Crippen LogP contribution in [0.25, 0.3) is 11.0 Å². The van der Waals surface area contributed by atoms with Crippen molar-refractivity contribution in [2.45, 2.75) is 32.4 Å². The molecule has 0 aromatic carbocycles. The summed E-state index contributed by atoms with van der Waals surface area (Å²) in [5.74, 6) is 0.966. The number of nitrogens with zero attached hydrogens (tertiary/aromatic N) is 6. The van der Waals surface area contributed by atoms with Gasteiger partial charge in [-0.3, -0.25) is 9.58 Å². The molecule has 1 saturated heterocycles. The summed E-state index contributed by atoms with van der Waals surface area (Å²) >= 11 is 0. The van der Waals surface area contributed by atoms with Gasteiger partial charge in [-0.25, -0.2) is 9.97 Å². The number of anilines is 1. The Morgan fingerprint density at radius 1 is 1.36 bits per heavy atom. The van der Waals surface area contributed by atoms with Gasteiger partial charge in [0.25, 0.3) is 0 Å². The van der Waals surface area contributed by atoms with Gasteiger partial charge in [-0.05, 0) is 13.3 Å². The van der Waals surface area contributed by atoms with Crippen LogP contribution >= 0.6 is 0 Å². The van der Waals surface area contributed by atoms with Gasteiger partial charge in [0, 0.05) is 39.3 Å². The molecule has 3 rings (SSSR count). The highest BCUT2D eigenvalue weighted by Gasteiger charge is 2.28. The van der Waals surface area contributed by atoms with Crippen molar-refractivity contribution in [1.29, 1.82) is 0 Å². The molecular formula is C15H24N6O. The van der Waals surface area contributed by atoms with Gasteiger partial charge in [-0.1, -0.05) is 6.92 Å². The summed E-state index contributed by atoms with van der Waals surface area (Å²) in [4.78, 5) is 13.5. The zero-order valence-corrected chi connectivity index (χ0v) is 13.5. The Morgan fingerprint density at radius 3 is 2.91 bits per heavy atom. The second-order valence-electron chi connectivity index (χ2n) is 6.05. The molecule has 7 heteroatoms. The van der Waals surface area contributed by atoms with Crippen LogP contribution in [-0.4, -0.2) is 68.1 Å². The minimum Gasteiger partial charge on any atom is -0.392 e. The van der Waals surface area contributed by atoms with Gasteiger partial charge >= 0.3 is 0 Å². The maximum Gasteiger partial charge on any atom is 0.163 e. The summed E-state index contributed by atoms with van der Waals surface area (Å²) in [5, 5.41) is 15.0. The summed E-state index contributed by atoms with van der Waals surface area (Å²) in [6.07, 6.45) is 4.23. The van der Waals surface area contributed by atoms with Crippen molar-refractivity contribution in [2.75, 3.05) is 31.1 Å². The van der Waals surface area contributed by atoms with Gasteiger partial charge in [0.1, 0.15) is 12.1 Å². The zero-order chi connectivity index (χ0) is 15.7. The minimum absolute atomic E-state index is 0.287. The van der Waals surface area contributed by atoms with Gasteiger partial charge in [-0.2, -0.15) is 5.10 Å². The maximum absolute atomic E-state index is 9.66. The molecule has 0 radical (unpaired) electrons. The average Bonchev–Trinajstić information content (AvgIpc) is 2.89. The van der Waals surface area contributed by atoms with E-state index < -0.39 is 0 Å². The van der Waals surface area contributed by atoms with Crippen LogP contribution < -0.4 is 4.90 Å². The van der Waals surface area contributed by atoms with Crippen molar-refractivity contribution in [3.8, 4) is 0 Å². The van der Waals surface area contributed by atoms with Crippen LogP contribution in [0.1, 0.15) is 20.3 Å². The van der Waals surface area contributed by atoms with E-state index in [4.69, 9.17) is 0 Å². The Bertz CT molecular complexity index is 640. The lowest BCUT2D eigenvalue weighted by Crippen LogP contribution is -2.54. The molecule has 0 saturated carbocycles. The van der Waals surface area contributed by atoms with Crippen LogP contribution in [0, 0.1) is 0 Å². The van der Waals surface area contributed by atoms with Gasteiger partial charge in [-0.15, -0.1) is 0 Å². The van der Waals surface area contributed by atoms with E-state index in [0.717, 1.165) is 49.5 Å². The monoisotopic (exact) mass is 304 g/mol. The molecule has 0 bridgehead atoms. The summed E-state index contributed by atoms with van der Waals surface area (Å²) < 4.78 is 1.78. The van der Waals surface area contributed by atoms with Crippen molar-refractivity contribution in [3.05, 3.63) is 12.5 Å². The quantitative estimate of drug-likeness (QED) is 0.894. The summed E-state index contributed by atoms with van der Waals surface area (Å²) in [6.45, 7) is 7.55. The highest BCUT2D eigenvalue weighted by atomic mass is 16.3. The van der Waals surface area contributed by atoms with Crippen LogP contribution in [0.3, 0.4) is 0 Å². The van der Waals surface area contributed by atoms with Crippen molar-refractivity contribution in [3.63, 3.8) is 0 Å². The topological polar surface area (TPSA) is 70.3 Å². The molecule has 1 aliphatic heterocycles. The first-order valence-electron chi connectivity index (χ1n) is 7.90. The molecule has 0 amide bonds. The second-order valence-corrected chi connectivity index (χ2v) is 6.05. The Hall–Kier alpha value is -1.73. The molecule has 1 N–H and O–H groups in total. The molecule has 120 valence electrons. The van der Waals surface area contributed by atoms with Crippen molar-refractivity contribution in [1.82, 2.24) is 24.6 Å². The third-order valence-electron chi connectivity index (χ3n) is 4.38. The molecule has 1 aliphatic rings. The number of aliphatic hydroxyl groups is 1. The number of piperazine rings is 1. The van der Waals surface area contributed by atoms with Gasteiger partial charge in [0.05, 0.1) is 17.7 Å². The molecule has 3 heterocycles. The third-order valence-corrected chi connectivity index (χ3v) is 4.38. The van der Waals surface area contributed by atoms with Gasteiger partial charge in [0.15, 0.2) is 5.65 Å². The predicted molar refractivity (Wildman–Crippen MR) is 85.8 cm³/mol. The van der Waals surface area contributed by atoms with E-state index >= 15 is 0 Å². The third kappa shape index (κ3) is 2.78. The Kier molecular flexibility index (Phi) is 4.26. The van der Waals surface area contributed by atoms with Gasteiger partial charge < -0.3 is 10.0 Å². The number of hydrogen-bond acceptors (Lipinski definition) is 6. The van der Waals surface area contributed by atoms with Crippen molar-refractivity contribution in [2.24, 2.45) is 7.05 Å². The largest absolute Gasteiger partial charge is 0.392 e. The molecule has 2 unspecified atom stereocenters. The molecule has 7 nitrogen and oxygen atoms in total. The Balaban J connectivity index is 1.84. The fourth-order valence-electron chi connectivity index (χ4n) is 3.25. The minimum atomic E-state index is -0.287. The number of aryl methyl sites for hydroxylation is 1. The van der Waals surface area contributed by atoms with Crippen LogP contribution in [0.4, 0.5) is 5.82 Å². The molecule has 0 spiro atoms. The molecule has 2 aromatic heterocycles. The first kappa shape index (κ1) is 15.2. The van der Waals surface area contributed by atoms with Crippen molar-refractivity contribution < 1.29 is 5.11 Å². The SMILES string of the molecule is CCC1CN(c2ncnc3c2cnn3C)CCN1CC(C)O. The molecule has 2 aromatic rings. The Labute approximate surface area is 130 Å². The maximum atomic E-state index is 9.66. The number of rotatable bonds is 4. The fraction of sp³-hybridized carbons (Fsp3) is 0.667. The second kappa shape index (κ2) is 6.18. The number of aromatic nitrogens is 4. The first-order valence-corrected chi connectivity index (χ1v) is 7.90. The van der Waals surface area contributed by atoms with Crippen LogP contribution in [-0.2, 0) is 7.05 Å². The summed E-state index contributed by atoms with van der Waals surface area (Å²) in [6, 6.07) is 0.435. The molecule has 22 heavy (non-hydrogen) atoms. The van der Waals surface area contributed by atoms with Crippen LogP contribution in [0.2, 0.25) is 0 Å². The smallest absolute Gasteiger partial charge is 0.163 e. The predicted octanol–water partition coefficient (Wildman–Crippen LogP) is 0.645. The van der Waals surface area contributed by atoms with E-state index in [2.05, 4.69) is 31.8 Å². The van der Waals surface area contributed by atoms with Crippen molar-refractivity contribution >= 4 is 16.9 Å². The molecule has 0 aliphatic carbocycles. The summed E-state index contributed by atoms with van der Waals surface area (Å²) in [5.41, 5.74) is 0.865. The molecule has 2 atom stereocenters. The van der Waals surface area contributed by atoms with E-state index in [1.807, 2.05) is 20.2 Å². The Morgan fingerprint density at radius 2 is 2.18 bits per heavy atom. The first-order chi connectivity index (χ1) is 10.6. The lowest BCUT2D eigenvalue weighted by molar-refractivity contribution is 0.0885. The molecular weight excluding hydrogens is 280 g/mol. The summed E-state index contributed by atoms with van der Waals surface area (Å²) in [7, 11) is 1.90. The van der Waals surface area contributed by atoms with E-state index in [0.29, 0.717) is 6.04 Å². The highest BCUT2D eigenvalue weighted by molar-refractivity contribution is 5.86. The van der Waals surface area contributed by atoms with E-state index in [1.54, 1.807) is 11.0 Å². The number of β-amino-alcohol motifs (C(OH)–C–C–N with tert-alkyl or cyclic N) is 1. The lowest BCUT2D eigenvalue weighted by atomic mass is 10.1. The van der Waals surface area contributed by atoms with Gasteiger partial charge in [0.2, 0.25) is 0 Å². The standard InChI is InChI=1S/C15H24N6O/c1-4-12-9-21(6-5-20(12)8-11(2)22)15-13-7-18-19(3)14(13)16-10-17-15/h7,10-12,22H,4-6,8-9H2,1-3H3. The van der Waals surface area contributed by atoms with E-state index in [1.165, 1.54) is 0 Å². The number of hydrogen-bond donors (Lipinski definition) is 1. The van der Waals surface area contributed by atoms with E-state index in [9.17, 15) is 5.11 Å². The van der Waals surface area contributed by atoms with Crippen LogP contribution in [0.15, 0.2) is 12.5 Å². The lowest BCUT2D eigenvalue weighted by Gasteiger charge is -2.42. The number of aliphatic hydroxyl groups excluding tert-OH is 1. The fourth-order valence-corrected chi connectivity index (χ4v) is 3.25. The number of fused-ring (bicyclic) bond motifs is 1. The van der Waals surface area contributed by atoms with E-state index in [-0.39, 0.29) is 6.10 Å². The molecule has 1 fully saturated rings. The zero-order valence-electron chi connectivity index (χ0n) is 13.5. The normalized spacial score (nSPS) is 21.5. The average molecular weight is 304 g/mol. The highest BCUT2D eigenvalue weighted by Crippen LogP contribution is 2.25. The van der Waals surface area contributed by atoms with Crippen LogP contribution in [0.5, 0.6) is 0 Å².